The van der Waals surface area contributed by atoms with Crippen LogP contribution < -0.4 is 0 Å². The molecule has 0 spiro atoms. The van der Waals surface area contributed by atoms with Gasteiger partial charge in [-0.15, -0.1) is 0 Å². The van der Waals surface area contributed by atoms with Crippen LogP contribution in [0.1, 0.15) is 44.1 Å². The summed E-state index contributed by atoms with van der Waals surface area (Å²) < 4.78 is 0. The Labute approximate surface area is 201 Å². The fourth-order valence-corrected chi connectivity index (χ4v) is 5.00. The van der Waals surface area contributed by atoms with Crippen LogP contribution in [-0.4, -0.2) is 52.3 Å². The number of H-pyrrole nitrogens is 1. The van der Waals surface area contributed by atoms with Crippen LogP contribution in [0.2, 0.25) is 0 Å². The summed E-state index contributed by atoms with van der Waals surface area (Å²) in [6, 6.07) is 18.9. The third-order valence-corrected chi connectivity index (χ3v) is 6.69. The summed E-state index contributed by atoms with van der Waals surface area (Å²) in [6.07, 6.45) is 1.21. The summed E-state index contributed by atoms with van der Waals surface area (Å²) in [5.74, 6) is 0.112. The van der Waals surface area contributed by atoms with Crippen LogP contribution in [0, 0.1) is 23.2 Å². The van der Waals surface area contributed by atoms with Gasteiger partial charge in [-0.1, -0.05) is 69.3 Å². The molecule has 1 aromatic heterocycles. The van der Waals surface area contributed by atoms with Gasteiger partial charge in [-0.3, -0.25) is 9.59 Å². The average molecular weight is 457 g/mol. The van der Waals surface area contributed by atoms with Crippen molar-refractivity contribution >= 4 is 22.7 Å². The topological polar surface area (TPSA) is 80.2 Å². The van der Waals surface area contributed by atoms with Crippen molar-refractivity contribution < 1.29 is 9.59 Å². The third-order valence-electron chi connectivity index (χ3n) is 6.69. The van der Waals surface area contributed by atoms with Gasteiger partial charge in [0.05, 0.1) is 6.07 Å². The van der Waals surface area contributed by atoms with Crippen molar-refractivity contribution in [1.82, 2.24) is 14.8 Å². The Balaban J connectivity index is 1.74. The van der Waals surface area contributed by atoms with Gasteiger partial charge in [-0.25, -0.2) is 0 Å². The smallest absolute Gasteiger partial charge is 0.271 e. The molecule has 0 saturated carbocycles. The fraction of sp³-hybridized carbons (Fsp3) is 0.393. The van der Waals surface area contributed by atoms with Gasteiger partial charge in [0.2, 0.25) is 5.91 Å². The molecular weight excluding hydrogens is 424 g/mol. The number of hydrogen-bond donors (Lipinski definition) is 1. The Morgan fingerprint density at radius 1 is 1.15 bits per heavy atom. The molecule has 2 aromatic carbocycles. The van der Waals surface area contributed by atoms with Crippen LogP contribution >= 0.6 is 0 Å². The Bertz CT molecular complexity index is 1220. The molecule has 3 atom stereocenters. The number of aromatic nitrogens is 1. The number of carbonyl (C=O) groups is 2. The summed E-state index contributed by atoms with van der Waals surface area (Å²) >= 11 is 0. The molecule has 0 bridgehead atoms. The molecule has 2 amide bonds. The van der Waals surface area contributed by atoms with E-state index in [2.05, 4.69) is 18.0 Å². The van der Waals surface area contributed by atoms with Gasteiger partial charge in [0, 0.05) is 30.1 Å². The maximum atomic E-state index is 13.9. The van der Waals surface area contributed by atoms with Gasteiger partial charge >= 0.3 is 0 Å². The molecule has 1 aliphatic rings. The first-order valence-electron chi connectivity index (χ1n) is 11.9. The quantitative estimate of drug-likeness (QED) is 0.562. The minimum absolute atomic E-state index is 0.141. The zero-order valence-corrected chi connectivity index (χ0v) is 20.3. The number of carbonyl (C=O) groups excluding carboxylic acids is 2. The average Bonchev–Trinajstić information content (AvgIpc) is 3.42. The van der Waals surface area contributed by atoms with Gasteiger partial charge in [0.15, 0.2) is 0 Å². The molecule has 3 aromatic rings. The minimum Gasteiger partial charge on any atom is -0.350 e. The maximum absolute atomic E-state index is 13.9. The first-order valence-corrected chi connectivity index (χ1v) is 11.9. The van der Waals surface area contributed by atoms with Gasteiger partial charge in [-0.05, 0) is 36.3 Å². The van der Waals surface area contributed by atoms with Crippen LogP contribution in [0.5, 0.6) is 0 Å². The standard InChI is InChI=1S/C28H32N4O2/c1-18(2)14-24(27(33)32-17-19(3)15-21(32)16-29)31(4)28(34)26-25(20-10-6-5-7-11-20)22-12-8-9-13-23(22)30-26/h5-13,18-19,21,24,30H,14-15,17H2,1-4H3. The highest BCUT2D eigenvalue weighted by molar-refractivity contribution is 6.10. The summed E-state index contributed by atoms with van der Waals surface area (Å²) in [5, 5.41) is 10.6. The predicted octanol–water partition coefficient (Wildman–Crippen LogP) is 5.08. The molecule has 0 radical (unpaired) electrons. The molecule has 0 aliphatic carbocycles. The Morgan fingerprint density at radius 2 is 1.82 bits per heavy atom. The lowest BCUT2D eigenvalue weighted by Crippen LogP contribution is -2.51. The van der Waals surface area contributed by atoms with E-state index in [1.54, 1.807) is 16.8 Å². The van der Waals surface area contributed by atoms with Crippen molar-refractivity contribution in [3.8, 4) is 17.2 Å². The van der Waals surface area contributed by atoms with Crippen LogP contribution in [0.3, 0.4) is 0 Å². The highest BCUT2D eigenvalue weighted by Gasteiger charge is 2.39. The highest BCUT2D eigenvalue weighted by Crippen LogP contribution is 2.34. The van der Waals surface area contributed by atoms with Crippen LogP contribution in [-0.2, 0) is 4.79 Å². The first-order chi connectivity index (χ1) is 16.3. The zero-order valence-electron chi connectivity index (χ0n) is 20.3. The molecule has 3 unspecified atom stereocenters. The van der Waals surface area contributed by atoms with Crippen LogP contribution in [0.25, 0.3) is 22.0 Å². The zero-order chi connectivity index (χ0) is 24.4. The van der Waals surface area contributed by atoms with E-state index in [4.69, 9.17) is 0 Å². The molecule has 6 nitrogen and oxygen atoms in total. The molecule has 6 heteroatoms. The van der Waals surface area contributed by atoms with E-state index < -0.39 is 12.1 Å². The molecule has 34 heavy (non-hydrogen) atoms. The van der Waals surface area contributed by atoms with E-state index in [0.717, 1.165) is 22.0 Å². The van der Waals surface area contributed by atoms with Gasteiger partial charge < -0.3 is 14.8 Å². The Hall–Kier alpha value is -3.59. The summed E-state index contributed by atoms with van der Waals surface area (Å²) in [7, 11) is 1.70. The monoisotopic (exact) mass is 456 g/mol. The number of hydrogen-bond acceptors (Lipinski definition) is 3. The van der Waals surface area contributed by atoms with E-state index in [1.165, 1.54) is 0 Å². The normalized spacial score (nSPS) is 18.8. The largest absolute Gasteiger partial charge is 0.350 e. The first kappa shape index (κ1) is 23.6. The third kappa shape index (κ3) is 4.43. The molecule has 176 valence electrons. The van der Waals surface area contributed by atoms with Crippen LogP contribution in [0.4, 0.5) is 0 Å². The lowest BCUT2D eigenvalue weighted by molar-refractivity contribution is -0.136. The SMILES string of the molecule is CC(C)CC(C(=O)N1CC(C)CC1C#N)N(C)C(=O)c1[nH]c2ccccc2c1-c1ccccc1. The molecule has 2 heterocycles. The van der Waals surface area contributed by atoms with Crippen molar-refractivity contribution in [2.75, 3.05) is 13.6 Å². The van der Waals surface area contributed by atoms with Crippen molar-refractivity contribution in [3.05, 3.63) is 60.3 Å². The number of benzene rings is 2. The lowest BCUT2D eigenvalue weighted by Gasteiger charge is -2.33. The number of aromatic amines is 1. The molecule has 4 rings (SSSR count). The lowest BCUT2D eigenvalue weighted by atomic mass is 9.98. The molecular formula is C28H32N4O2. The summed E-state index contributed by atoms with van der Waals surface area (Å²) in [4.78, 5) is 34.2. The second-order valence-corrected chi connectivity index (χ2v) is 9.82. The van der Waals surface area contributed by atoms with E-state index >= 15 is 0 Å². The van der Waals surface area contributed by atoms with Crippen molar-refractivity contribution in [2.45, 2.75) is 45.7 Å². The number of nitrogens with zero attached hydrogens (tertiary/aromatic N) is 3. The van der Waals surface area contributed by atoms with E-state index in [1.807, 2.05) is 68.4 Å². The fourth-order valence-electron chi connectivity index (χ4n) is 5.00. The minimum atomic E-state index is -0.635. The maximum Gasteiger partial charge on any atom is 0.271 e. The number of fused-ring (bicyclic) bond motifs is 1. The van der Waals surface area contributed by atoms with Gasteiger partial charge in [-0.2, -0.15) is 5.26 Å². The number of nitriles is 1. The van der Waals surface area contributed by atoms with Crippen LogP contribution in [0.15, 0.2) is 54.6 Å². The highest BCUT2D eigenvalue weighted by atomic mass is 16.2. The second kappa shape index (κ2) is 9.72. The number of likely N-dealkylation sites (tertiary alicyclic amines) is 1. The molecule has 1 saturated heterocycles. The second-order valence-electron chi connectivity index (χ2n) is 9.82. The van der Waals surface area contributed by atoms with E-state index in [-0.39, 0.29) is 23.7 Å². The van der Waals surface area contributed by atoms with E-state index in [9.17, 15) is 14.9 Å². The predicted molar refractivity (Wildman–Crippen MR) is 134 cm³/mol. The van der Waals surface area contributed by atoms with Crippen molar-refractivity contribution in [2.24, 2.45) is 11.8 Å². The van der Waals surface area contributed by atoms with Crippen molar-refractivity contribution in [1.29, 1.82) is 5.26 Å². The summed E-state index contributed by atoms with van der Waals surface area (Å²) in [6.45, 7) is 6.70. The van der Waals surface area contributed by atoms with Gasteiger partial charge in [0.25, 0.3) is 5.91 Å². The molecule has 1 fully saturated rings. The van der Waals surface area contributed by atoms with Gasteiger partial charge in [0.1, 0.15) is 17.8 Å². The summed E-state index contributed by atoms with van der Waals surface area (Å²) in [5.41, 5.74) is 3.14. The number of rotatable bonds is 6. The number of likely N-dealkylation sites (N-methyl/N-ethyl adjacent to an activating group) is 1. The Morgan fingerprint density at radius 3 is 2.50 bits per heavy atom. The molecule has 1 aliphatic heterocycles. The molecule has 1 N–H and O–H groups in total. The number of para-hydroxylation sites is 1. The van der Waals surface area contributed by atoms with Crippen molar-refractivity contribution in [3.63, 3.8) is 0 Å². The number of nitrogens with one attached hydrogen (secondary N) is 1. The number of amides is 2. The Kier molecular flexibility index (Phi) is 6.74. The van der Waals surface area contributed by atoms with E-state index in [0.29, 0.717) is 25.1 Å².